The number of hydrogen-bond donors (Lipinski definition) is 2. The molecule has 0 radical (unpaired) electrons. The number of aromatic nitrogens is 10. The maximum atomic E-state index is 5.65. The summed E-state index contributed by atoms with van der Waals surface area (Å²) < 4.78 is 16.1. The van der Waals surface area contributed by atoms with Crippen LogP contribution in [0.3, 0.4) is 0 Å². The molecule has 218 valence electrons. The maximum Gasteiger partial charge on any atom is 0.247 e. The zero-order valence-electron chi connectivity index (χ0n) is 23.9. The molecule has 15 nitrogen and oxygen atoms in total. The molecule has 6 aromatic rings. The van der Waals surface area contributed by atoms with Gasteiger partial charge in [0.25, 0.3) is 0 Å². The highest BCUT2D eigenvalue weighted by molar-refractivity contribution is 5.80. The Hall–Kier alpha value is -5.86. The first-order valence-corrected chi connectivity index (χ1v) is 13.2. The van der Waals surface area contributed by atoms with E-state index in [1.165, 1.54) is 0 Å². The molecule has 6 rings (SSSR count). The van der Waals surface area contributed by atoms with E-state index >= 15 is 0 Å². The molecule has 0 aliphatic rings. The Morgan fingerprint density at radius 1 is 0.651 bits per heavy atom. The molecule has 6 heterocycles. The number of anilines is 2. The molecule has 6 aromatic heterocycles. The first-order valence-electron chi connectivity index (χ1n) is 13.2. The lowest BCUT2D eigenvalue weighted by molar-refractivity contribution is 0.330. The number of aryl methyl sites for hydroxylation is 1. The van der Waals surface area contributed by atoms with E-state index in [4.69, 9.17) is 25.7 Å². The summed E-state index contributed by atoms with van der Waals surface area (Å²) >= 11 is 0. The predicted molar refractivity (Wildman–Crippen MR) is 159 cm³/mol. The van der Waals surface area contributed by atoms with Crippen LogP contribution in [-0.4, -0.2) is 70.2 Å². The van der Waals surface area contributed by atoms with Gasteiger partial charge in [-0.15, -0.1) is 0 Å². The standard InChI is InChI=1S/C14H14N6O2.C14H14N6O/c1-3-22-13-11-12(19-14(15)20-13)17-7-9(18-11)8-4-5-16-10(6-8)21-2;1-3-21-13-11-12(19-14(15)20-13)17-7-10(18-11)9-4-5-16-8(2)6-9/h4-7H,3H2,1-2H3,(H2,15,17,19,20);4-7H,3H2,1-2H3,(H2,15,17,19,20). The Labute approximate surface area is 245 Å². The predicted octanol–water partition coefficient (Wildman–Crippen LogP) is 3.24. The second kappa shape index (κ2) is 12.8. The number of fused-ring (bicyclic) bond motifs is 2. The van der Waals surface area contributed by atoms with E-state index in [1.807, 2.05) is 39.0 Å². The van der Waals surface area contributed by atoms with Gasteiger partial charge in [0.05, 0.1) is 44.1 Å². The van der Waals surface area contributed by atoms with E-state index in [-0.39, 0.29) is 11.9 Å². The van der Waals surface area contributed by atoms with Crippen molar-refractivity contribution in [3.8, 4) is 40.2 Å². The molecule has 0 fully saturated rings. The Balaban J connectivity index is 0.000000171. The minimum Gasteiger partial charge on any atom is -0.481 e. The van der Waals surface area contributed by atoms with Crippen molar-refractivity contribution in [3.63, 3.8) is 0 Å². The van der Waals surface area contributed by atoms with Gasteiger partial charge in [0.2, 0.25) is 29.5 Å². The lowest BCUT2D eigenvalue weighted by Gasteiger charge is -2.08. The fourth-order valence-electron chi connectivity index (χ4n) is 3.94. The maximum absolute atomic E-state index is 5.65. The van der Waals surface area contributed by atoms with Crippen molar-refractivity contribution in [3.05, 3.63) is 54.7 Å². The number of rotatable bonds is 7. The molecule has 0 aromatic carbocycles. The van der Waals surface area contributed by atoms with E-state index in [1.54, 1.807) is 38.0 Å². The van der Waals surface area contributed by atoms with Gasteiger partial charge >= 0.3 is 0 Å². The molecule has 0 bridgehead atoms. The highest BCUT2D eigenvalue weighted by Gasteiger charge is 2.14. The van der Waals surface area contributed by atoms with Crippen LogP contribution in [0.15, 0.2) is 49.1 Å². The third-order valence-corrected chi connectivity index (χ3v) is 5.78. The van der Waals surface area contributed by atoms with Crippen molar-refractivity contribution >= 4 is 34.2 Å². The monoisotopic (exact) mass is 580 g/mol. The van der Waals surface area contributed by atoms with Gasteiger partial charge in [0.1, 0.15) is 0 Å². The number of nitrogens with zero attached hydrogens (tertiary/aromatic N) is 10. The smallest absolute Gasteiger partial charge is 0.247 e. The topological polar surface area (TPSA) is 209 Å². The lowest BCUT2D eigenvalue weighted by atomic mass is 10.2. The molecular formula is C28H28N12O3. The molecule has 0 aliphatic carbocycles. The second-order valence-electron chi connectivity index (χ2n) is 8.77. The third kappa shape index (κ3) is 6.56. The molecular weight excluding hydrogens is 552 g/mol. The number of hydrogen-bond acceptors (Lipinski definition) is 15. The quantitative estimate of drug-likeness (QED) is 0.278. The van der Waals surface area contributed by atoms with Gasteiger partial charge in [-0.25, -0.2) is 24.9 Å². The van der Waals surface area contributed by atoms with Crippen LogP contribution in [-0.2, 0) is 0 Å². The summed E-state index contributed by atoms with van der Waals surface area (Å²) in [6.07, 6.45) is 6.64. The second-order valence-corrected chi connectivity index (χ2v) is 8.77. The van der Waals surface area contributed by atoms with Crippen LogP contribution in [0.2, 0.25) is 0 Å². The fraction of sp³-hybridized carbons (Fsp3) is 0.214. The Bertz CT molecular complexity index is 1900. The van der Waals surface area contributed by atoms with Crippen LogP contribution >= 0.6 is 0 Å². The molecule has 0 saturated heterocycles. The molecule has 15 heteroatoms. The number of pyridine rings is 2. The van der Waals surface area contributed by atoms with Crippen molar-refractivity contribution < 1.29 is 14.2 Å². The van der Waals surface area contributed by atoms with Crippen molar-refractivity contribution in [2.75, 3.05) is 31.8 Å². The number of methoxy groups -OCH3 is 1. The fourth-order valence-corrected chi connectivity index (χ4v) is 3.94. The van der Waals surface area contributed by atoms with E-state index in [0.717, 1.165) is 16.8 Å². The molecule has 0 atom stereocenters. The highest BCUT2D eigenvalue weighted by Crippen LogP contribution is 2.26. The van der Waals surface area contributed by atoms with Crippen molar-refractivity contribution in [2.45, 2.75) is 20.8 Å². The summed E-state index contributed by atoms with van der Waals surface area (Å²) in [5, 5.41) is 0. The highest BCUT2D eigenvalue weighted by atomic mass is 16.5. The number of nitrogens with two attached hydrogens (primary N) is 2. The van der Waals surface area contributed by atoms with Gasteiger partial charge in [-0.1, -0.05) is 0 Å². The minimum atomic E-state index is 0.101. The van der Waals surface area contributed by atoms with Crippen LogP contribution in [0.25, 0.3) is 44.8 Å². The molecule has 0 spiro atoms. The summed E-state index contributed by atoms with van der Waals surface area (Å²) in [5.41, 5.74) is 17.1. The van der Waals surface area contributed by atoms with Crippen LogP contribution in [0.4, 0.5) is 11.9 Å². The van der Waals surface area contributed by atoms with Gasteiger partial charge in [-0.2, -0.15) is 19.9 Å². The zero-order chi connectivity index (χ0) is 30.3. The SMILES string of the molecule is CCOc1nc(N)nc2ncc(-c3ccnc(C)c3)nc12.CCOc1nc(N)nc2ncc(-c3ccnc(OC)c3)nc12. The number of ether oxygens (including phenoxy) is 3. The molecule has 0 amide bonds. The van der Waals surface area contributed by atoms with Crippen LogP contribution < -0.4 is 25.7 Å². The largest absolute Gasteiger partial charge is 0.481 e. The Morgan fingerprint density at radius 2 is 1.16 bits per heavy atom. The van der Waals surface area contributed by atoms with Crippen LogP contribution in [0.1, 0.15) is 19.5 Å². The zero-order valence-corrected chi connectivity index (χ0v) is 23.9. The molecule has 0 aliphatic heterocycles. The third-order valence-electron chi connectivity index (χ3n) is 5.78. The van der Waals surface area contributed by atoms with Crippen LogP contribution in [0, 0.1) is 6.92 Å². The van der Waals surface area contributed by atoms with Crippen LogP contribution in [0.5, 0.6) is 17.6 Å². The molecule has 0 saturated carbocycles. The minimum absolute atomic E-state index is 0.101. The average molecular weight is 581 g/mol. The average Bonchev–Trinajstić information content (AvgIpc) is 3.01. The van der Waals surface area contributed by atoms with Crippen molar-refractivity contribution in [1.29, 1.82) is 0 Å². The Morgan fingerprint density at radius 3 is 1.65 bits per heavy atom. The normalized spacial score (nSPS) is 10.7. The number of nitrogen functional groups attached to an aromatic ring is 2. The lowest BCUT2D eigenvalue weighted by Crippen LogP contribution is -2.04. The van der Waals surface area contributed by atoms with E-state index < -0.39 is 0 Å². The van der Waals surface area contributed by atoms with Gasteiger partial charge in [0, 0.05) is 35.3 Å². The van der Waals surface area contributed by atoms with Gasteiger partial charge in [-0.05, 0) is 39.0 Å². The molecule has 4 N–H and O–H groups in total. The van der Waals surface area contributed by atoms with Gasteiger partial charge < -0.3 is 25.7 Å². The summed E-state index contributed by atoms with van der Waals surface area (Å²) in [5.74, 6) is 1.38. The summed E-state index contributed by atoms with van der Waals surface area (Å²) in [6, 6.07) is 7.40. The van der Waals surface area contributed by atoms with Crippen molar-refractivity contribution in [1.82, 2.24) is 49.8 Å². The molecule has 0 unspecified atom stereocenters. The summed E-state index contributed by atoms with van der Waals surface area (Å²) in [6.45, 7) is 6.56. The van der Waals surface area contributed by atoms with E-state index in [9.17, 15) is 0 Å². The van der Waals surface area contributed by atoms with E-state index in [0.29, 0.717) is 64.6 Å². The first kappa shape index (κ1) is 28.7. The van der Waals surface area contributed by atoms with Crippen molar-refractivity contribution in [2.24, 2.45) is 0 Å². The first-order chi connectivity index (χ1) is 20.9. The summed E-state index contributed by atoms with van der Waals surface area (Å²) in [4.78, 5) is 42.2. The van der Waals surface area contributed by atoms with Gasteiger partial charge in [-0.3, -0.25) is 4.98 Å². The Kier molecular flexibility index (Phi) is 8.50. The van der Waals surface area contributed by atoms with E-state index in [2.05, 4.69) is 49.8 Å². The van der Waals surface area contributed by atoms with Gasteiger partial charge in [0.15, 0.2) is 22.3 Å². The summed E-state index contributed by atoms with van der Waals surface area (Å²) in [7, 11) is 1.56. The molecule has 43 heavy (non-hydrogen) atoms.